The minimum absolute atomic E-state index is 0.738. The van der Waals surface area contributed by atoms with Gasteiger partial charge in [-0.2, -0.15) is 0 Å². The molecule has 14 heavy (non-hydrogen) atoms. The van der Waals surface area contributed by atoms with Crippen molar-refractivity contribution in [2.24, 2.45) is 0 Å². The van der Waals surface area contributed by atoms with Crippen LogP contribution in [0.25, 0.3) is 0 Å². The first-order chi connectivity index (χ1) is 6.90. The number of hydrogen-bond donors (Lipinski definition) is 1. The van der Waals surface area contributed by atoms with Gasteiger partial charge in [-0.25, -0.2) is 10.0 Å². The zero-order chi connectivity index (χ0) is 9.80. The van der Waals surface area contributed by atoms with Gasteiger partial charge in [-0.3, -0.25) is 0 Å². The summed E-state index contributed by atoms with van der Waals surface area (Å²) in [5, 5.41) is 8.68. The maximum Gasteiger partial charge on any atom is 0.0288 e. The SMILES string of the molecule is CCNC1CCN(N2CCCCC2)C1. The Kier molecular flexibility index (Phi) is 3.79. The number of hydrazine groups is 1. The van der Waals surface area contributed by atoms with Gasteiger partial charge < -0.3 is 5.32 Å². The number of nitrogens with one attached hydrogen (secondary N) is 1. The van der Waals surface area contributed by atoms with Crippen molar-refractivity contribution in [1.82, 2.24) is 15.3 Å². The first-order valence-electron chi connectivity index (χ1n) is 6.13. The third-order valence-corrected chi connectivity index (χ3v) is 3.39. The Bertz CT molecular complexity index is 166. The molecule has 2 fully saturated rings. The molecule has 0 saturated carbocycles. The topological polar surface area (TPSA) is 18.5 Å². The van der Waals surface area contributed by atoms with E-state index in [4.69, 9.17) is 0 Å². The second-order valence-corrected chi connectivity index (χ2v) is 4.47. The van der Waals surface area contributed by atoms with Gasteiger partial charge in [-0.15, -0.1) is 0 Å². The van der Waals surface area contributed by atoms with Gasteiger partial charge in [0.05, 0.1) is 0 Å². The lowest BCUT2D eigenvalue weighted by Crippen LogP contribution is -2.45. The molecule has 0 aromatic carbocycles. The highest BCUT2D eigenvalue weighted by molar-refractivity contribution is 4.80. The zero-order valence-electron chi connectivity index (χ0n) is 9.34. The van der Waals surface area contributed by atoms with E-state index in [-0.39, 0.29) is 0 Å². The molecule has 0 aliphatic carbocycles. The van der Waals surface area contributed by atoms with E-state index in [1.54, 1.807) is 0 Å². The van der Waals surface area contributed by atoms with Crippen LogP contribution in [-0.4, -0.2) is 48.8 Å². The fraction of sp³-hybridized carbons (Fsp3) is 1.00. The van der Waals surface area contributed by atoms with Gasteiger partial charge in [0.1, 0.15) is 0 Å². The smallest absolute Gasteiger partial charge is 0.0288 e. The summed E-state index contributed by atoms with van der Waals surface area (Å²) in [6, 6.07) is 0.738. The van der Waals surface area contributed by atoms with Crippen LogP contribution in [-0.2, 0) is 0 Å². The average Bonchev–Trinajstić information content (AvgIpc) is 2.68. The highest BCUT2D eigenvalue weighted by Gasteiger charge is 2.26. The van der Waals surface area contributed by atoms with Gasteiger partial charge in [0, 0.05) is 32.2 Å². The fourth-order valence-corrected chi connectivity index (χ4v) is 2.61. The summed E-state index contributed by atoms with van der Waals surface area (Å²) in [5.41, 5.74) is 0. The summed E-state index contributed by atoms with van der Waals surface area (Å²) in [7, 11) is 0. The number of piperidine rings is 1. The summed E-state index contributed by atoms with van der Waals surface area (Å²) in [5.74, 6) is 0. The van der Waals surface area contributed by atoms with Crippen LogP contribution in [0.4, 0.5) is 0 Å². The van der Waals surface area contributed by atoms with Crippen molar-refractivity contribution in [2.75, 3.05) is 32.7 Å². The van der Waals surface area contributed by atoms with Crippen molar-refractivity contribution in [1.29, 1.82) is 0 Å². The lowest BCUT2D eigenvalue weighted by atomic mass is 10.2. The molecule has 2 heterocycles. The Balaban J connectivity index is 1.76. The van der Waals surface area contributed by atoms with Crippen molar-refractivity contribution in [3.05, 3.63) is 0 Å². The number of likely N-dealkylation sites (N-methyl/N-ethyl adjacent to an activating group) is 1. The molecule has 0 spiro atoms. The molecule has 2 aliphatic rings. The molecular formula is C11H23N3. The molecule has 2 aliphatic heterocycles. The maximum absolute atomic E-state index is 3.55. The van der Waals surface area contributed by atoms with Crippen molar-refractivity contribution in [2.45, 2.75) is 38.6 Å². The van der Waals surface area contributed by atoms with E-state index >= 15 is 0 Å². The predicted octanol–water partition coefficient (Wildman–Crippen LogP) is 1.07. The Morgan fingerprint density at radius 3 is 2.57 bits per heavy atom. The van der Waals surface area contributed by atoms with Gasteiger partial charge in [0.25, 0.3) is 0 Å². The predicted molar refractivity (Wildman–Crippen MR) is 59.1 cm³/mol. The highest BCUT2D eigenvalue weighted by Crippen LogP contribution is 2.17. The largest absolute Gasteiger partial charge is 0.313 e. The average molecular weight is 197 g/mol. The van der Waals surface area contributed by atoms with Gasteiger partial charge in [-0.1, -0.05) is 13.3 Å². The molecule has 1 unspecified atom stereocenters. The molecule has 1 atom stereocenters. The lowest BCUT2D eigenvalue weighted by molar-refractivity contribution is -0.0204. The summed E-state index contributed by atoms with van der Waals surface area (Å²) in [4.78, 5) is 0. The minimum Gasteiger partial charge on any atom is -0.313 e. The van der Waals surface area contributed by atoms with Crippen LogP contribution < -0.4 is 5.32 Å². The number of rotatable bonds is 3. The molecule has 82 valence electrons. The minimum atomic E-state index is 0.738. The van der Waals surface area contributed by atoms with Gasteiger partial charge in [-0.05, 0) is 25.8 Å². The van der Waals surface area contributed by atoms with E-state index in [0.29, 0.717) is 0 Å². The molecule has 0 aromatic heterocycles. The van der Waals surface area contributed by atoms with Crippen LogP contribution in [0.3, 0.4) is 0 Å². The van der Waals surface area contributed by atoms with Gasteiger partial charge in [0.2, 0.25) is 0 Å². The summed E-state index contributed by atoms with van der Waals surface area (Å²) < 4.78 is 0. The molecule has 1 N–H and O–H groups in total. The molecule has 0 aromatic rings. The Labute approximate surface area is 87.4 Å². The standard InChI is InChI=1S/C11H23N3/c1-2-12-11-6-9-14(10-11)13-7-4-3-5-8-13/h11-12H,2-10H2,1H3. The normalized spacial score (nSPS) is 31.1. The lowest BCUT2D eigenvalue weighted by Gasteiger charge is -2.34. The van der Waals surface area contributed by atoms with E-state index in [9.17, 15) is 0 Å². The second-order valence-electron chi connectivity index (χ2n) is 4.47. The van der Waals surface area contributed by atoms with Crippen LogP contribution in [0.15, 0.2) is 0 Å². The van der Waals surface area contributed by atoms with Crippen molar-refractivity contribution < 1.29 is 0 Å². The molecular weight excluding hydrogens is 174 g/mol. The van der Waals surface area contributed by atoms with Crippen LogP contribution >= 0.6 is 0 Å². The van der Waals surface area contributed by atoms with Crippen LogP contribution in [0.1, 0.15) is 32.6 Å². The molecule has 3 nitrogen and oxygen atoms in total. The molecule has 2 saturated heterocycles. The van der Waals surface area contributed by atoms with E-state index in [2.05, 4.69) is 22.3 Å². The Morgan fingerprint density at radius 1 is 1.07 bits per heavy atom. The molecule has 3 heteroatoms. The molecule has 0 bridgehead atoms. The third kappa shape index (κ3) is 2.47. The molecule has 0 radical (unpaired) electrons. The summed E-state index contributed by atoms with van der Waals surface area (Å²) in [6.07, 6.45) is 5.54. The Hall–Kier alpha value is -0.120. The Morgan fingerprint density at radius 2 is 1.86 bits per heavy atom. The molecule has 0 amide bonds. The zero-order valence-corrected chi connectivity index (χ0v) is 9.34. The monoisotopic (exact) mass is 197 g/mol. The van der Waals surface area contributed by atoms with E-state index in [1.807, 2.05) is 0 Å². The maximum atomic E-state index is 3.55. The quantitative estimate of drug-likeness (QED) is 0.730. The fourth-order valence-electron chi connectivity index (χ4n) is 2.61. The second kappa shape index (κ2) is 5.10. The molecule has 2 rings (SSSR count). The van der Waals surface area contributed by atoms with Gasteiger partial charge in [0.15, 0.2) is 0 Å². The van der Waals surface area contributed by atoms with Crippen LogP contribution in [0, 0.1) is 0 Å². The third-order valence-electron chi connectivity index (χ3n) is 3.39. The number of nitrogens with zero attached hydrogens (tertiary/aromatic N) is 2. The van der Waals surface area contributed by atoms with Crippen LogP contribution in [0.5, 0.6) is 0 Å². The van der Waals surface area contributed by atoms with Crippen molar-refractivity contribution in [3.8, 4) is 0 Å². The first kappa shape index (κ1) is 10.4. The van der Waals surface area contributed by atoms with Crippen LogP contribution in [0.2, 0.25) is 0 Å². The van der Waals surface area contributed by atoms with E-state index in [1.165, 1.54) is 51.9 Å². The summed E-state index contributed by atoms with van der Waals surface area (Å²) >= 11 is 0. The van der Waals surface area contributed by atoms with Gasteiger partial charge >= 0.3 is 0 Å². The first-order valence-corrected chi connectivity index (χ1v) is 6.13. The number of hydrogen-bond acceptors (Lipinski definition) is 3. The van der Waals surface area contributed by atoms with Crippen molar-refractivity contribution in [3.63, 3.8) is 0 Å². The highest BCUT2D eigenvalue weighted by atomic mass is 15.6. The van der Waals surface area contributed by atoms with E-state index < -0.39 is 0 Å². The summed E-state index contributed by atoms with van der Waals surface area (Å²) in [6.45, 7) is 8.38. The van der Waals surface area contributed by atoms with Crippen molar-refractivity contribution >= 4 is 0 Å². The van der Waals surface area contributed by atoms with E-state index in [0.717, 1.165) is 12.6 Å².